The Hall–Kier alpha value is -3.59. The number of carbonyl (C=O) groups excluding carboxylic acids is 3. The van der Waals surface area contributed by atoms with Crippen LogP contribution < -0.4 is 10.6 Å². The van der Waals surface area contributed by atoms with Crippen LogP contribution in [0.4, 0.5) is 4.79 Å². The first-order valence-electron chi connectivity index (χ1n) is 10.6. The van der Waals surface area contributed by atoms with Crippen LogP contribution in [0.25, 0.3) is 0 Å². The summed E-state index contributed by atoms with van der Waals surface area (Å²) in [5.41, 5.74) is 1.72. The van der Waals surface area contributed by atoms with Crippen molar-refractivity contribution >= 4 is 17.9 Å². The second-order valence-electron chi connectivity index (χ2n) is 7.60. The first-order valence-corrected chi connectivity index (χ1v) is 10.6. The first kappa shape index (κ1) is 21.6. The SMILES string of the molecule is CCOC(=O)C1=C(CN2CCN(C(=O)c3ccco3)CC2)NC(=O)N[C@@H]1c1ccccc1. The quantitative estimate of drug-likeness (QED) is 0.668. The van der Waals surface area contributed by atoms with E-state index in [1.807, 2.05) is 30.3 Å². The van der Waals surface area contributed by atoms with E-state index in [0.717, 1.165) is 5.56 Å². The third-order valence-electron chi connectivity index (χ3n) is 5.56. The highest BCUT2D eigenvalue weighted by Crippen LogP contribution is 2.28. The zero-order chi connectivity index (χ0) is 22.5. The van der Waals surface area contributed by atoms with Crippen LogP contribution in [-0.2, 0) is 9.53 Å². The van der Waals surface area contributed by atoms with E-state index in [1.54, 1.807) is 24.0 Å². The minimum atomic E-state index is -0.596. The van der Waals surface area contributed by atoms with Crippen molar-refractivity contribution in [3.05, 3.63) is 71.3 Å². The van der Waals surface area contributed by atoms with Crippen molar-refractivity contribution < 1.29 is 23.5 Å². The number of ether oxygens (including phenoxy) is 1. The molecule has 1 saturated heterocycles. The van der Waals surface area contributed by atoms with Gasteiger partial charge in [-0.15, -0.1) is 0 Å². The van der Waals surface area contributed by atoms with Crippen molar-refractivity contribution in [3.8, 4) is 0 Å². The molecular weight excluding hydrogens is 412 g/mol. The number of benzene rings is 1. The molecule has 0 bridgehead atoms. The van der Waals surface area contributed by atoms with Crippen LogP contribution in [0.3, 0.4) is 0 Å². The molecule has 168 valence electrons. The second-order valence-corrected chi connectivity index (χ2v) is 7.60. The van der Waals surface area contributed by atoms with E-state index in [9.17, 15) is 14.4 Å². The Bertz CT molecular complexity index is 995. The van der Waals surface area contributed by atoms with Gasteiger partial charge in [0.25, 0.3) is 5.91 Å². The van der Waals surface area contributed by atoms with Crippen LogP contribution >= 0.6 is 0 Å². The standard InChI is InChI=1S/C23H26N4O5/c1-2-31-22(29)19-17(24-23(30)25-20(19)16-7-4-3-5-8-16)15-26-10-12-27(13-11-26)21(28)18-9-6-14-32-18/h3-9,14,20H,2,10-13,15H2,1H3,(H2,24,25,30)/t20-/m1/s1. The van der Waals surface area contributed by atoms with Crippen LogP contribution in [0.15, 0.2) is 64.4 Å². The first-order chi connectivity index (χ1) is 15.6. The summed E-state index contributed by atoms with van der Waals surface area (Å²) in [4.78, 5) is 41.6. The number of furan rings is 1. The average molecular weight is 438 g/mol. The summed E-state index contributed by atoms with van der Waals surface area (Å²) in [6.45, 7) is 4.61. The fourth-order valence-electron chi connectivity index (χ4n) is 3.98. The number of piperazine rings is 1. The Morgan fingerprint density at radius 1 is 1.09 bits per heavy atom. The Morgan fingerprint density at radius 3 is 2.50 bits per heavy atom. The highest BCUT2D eigenvalue weighted by molar-refractivity contribution is 5.95. The summed E-state index contributed by atoms with van der Waals surface area (Å²) in [5.74, 6) is -0.280. The van der Waals surface area contributed by atoms with Gasteiger partial charge in [-0.2, -0.15) is 0 Å². The van der Waals surface area contributed by atoms with Crippen LogP contribution in [0.1, 0.15) is 29.1 Å². The molecule has 0 saturated carbocycles. The summed E-state index contributed by atoms with van der Waals surface area (Å²) in [6, 6.07) is 11.7. The zero-order valence-electron chi connectivity index (χ0n) is 17.9. The van der Waals surface area contributed by atoms with Gasteiger partial charge in [-0.3, -0.25) is 9.69 Å². The lowest BCUT2D eigenvalue weighted by Crippen LogP contribution is -2.52. The molecule has 3 amide bonds. The maximum atomic E-state index is 12.9. The van der Waals surface area contributed by atoms with Gasteiger partial charge in [0.1, 0.15) is 0 Å². The molecule has 9 heteroatoms. The van der Waals surface area contributed by atoms with Gasteiger partial charge in [-0.25, -0.2) is 9.59 Å². The monoisotopic (exact) mass is 438 g/mol. The number of nitrogens with one attached hydrogen (secondary N) is 2. The molecule has 2 aliphatic heterocycles. The largest absolute Gasteiger partial charge is 0.463 e. The highest BCUT2D eigenvalue weighted by atomic mass is 16.5. The number of carbonyl (C=O) groups is 3. The van der Waals surface area contributed by atoms with Gasteiger partial charge in [0.05, 0.1) is 24.5 Å². The Balaban J connectivity index is 1.52. The molecule has 3 heterocycles. The number of esters is 1. The normalized spacial score (nSPS) is 19.3. The number of hydrogen-bond acceptors (Lipinski definition) is 6. The highest BCUT2D eigenvalue weighted by Gasteiger charge is 2.35. The summed E-state index contributed by atoms with van der Waals surface area (Å²) >= 11 is 0. The van der Waals surface area contributed by atoms with Gasteiger partial charge in [-0.05, 0) is 24.6 Å². The van der Waals surface area contributed by atoms with Crippen molar-refractivity contribution in [2.24, 2.45) is 0 Å². The minimum Gasteiger partial charge on any atom is -0.463 e. The van der Waals surface area contributed by atoms with E-state index in [4.69, 9.17) is 9.15 Å². The predicted molar refractivity (Wildman–Crippen MR) is 116 cm³/mol. The van der Waals surface area contributed by atoms with Crippen LogP contribution in [-0.4, -0.2) is 67.0 Å². The molecule has 0 radical (unpaired) electrons. The number of nitrogens with zero attached hydrogens (tertiary/aromatic N) is 2. The van der Waals surface area contributed by atoms with E-state index in [-0.39, 0.29) is 18.5 Å². The predicted octanol–water partition coefficient (Wildman–Crippen LogP) is 1.91. The van der Waals surface area contributed by atoms with Gasteiger partial charge < -0.3 is 24.7 Å². The summed E-state index contributed by atoms with van der Waals surface area (Å²) in [5, 5.41) is 5.64. The summed E-state index contributed by atoms with van der Waals surface area (Å²) in [7, 11) is 0. The van der Waals surface area contributed by atoms with Gasteiger partial charge in [-0.1, -0.05) is 30.3 Å². The lowest BCUT2D eigenvalue weighted by molar-refractivity contribution is -0.139. The summed E-state index contributed by atoms with van der Waals surface area (Å²) in [6.07, 6.45) is 1.48. The van der Waals surface area contributed by atoms with Crippen molar-refractivity contribution in [3.63, 3.8) is 0 Å². The lowest BCUT2D eigenvalue weighted by atomic mass is 9.95. The van der Waals surface area contributed by atoms with E-state index in [2.05, 4.69) is 15.5 Å². The van der Waals surface area contributed by atoms with E-state index < -0.39 is 12.0 Å². The molecule has 0 aliphatic carbocycles. The van der Waals surface area contributed by atoms with Gasteiger partial charge in [0.15, 0.2) is 5.76 Å². The molecule has 1 aromatic heterocycles. The smallest absolute Gasteiger partial charge is 0.338 e. The van der Waals surface area contributed by atoms with Crippen molar-refractivity contribution in [1.82, 2.24) is 20.4 Å². The Kier molecular flexibility index (Phi) is 6.55. The lowest BCUT2D eigenvalue weighted by Gasteiger charge is -2.36. The average Bonchev–Trinajstić information content (AvgIpc) is 3.34. The van der Waals surface area contributed by atoms with E-state index in [1.165, 1.54) is 6.26 Å². The maximum absolute atomic E-state index is 12.9. The number of hydrogen-bond donors (Lipinski definition) is 2. The van der Waals surface area contributed by atoms with E-state index in [0.29, 0.717) is 49.8 Å². The maximum Gasteiger partial charge on any atom is 0.338 e. The number of rotatable bonds is 6. The molecule has 1 aromatic carbocycles. The van der Waals surface area contributed by atoms with Crippen molar-refractivity contribution in [2.75, 3.05) is 39.3 Å². The Morgan fingerprint density at radius 2 is 1.84 bits per heavy atom. The number of urea groups is 1. The number of amides is 3. The minimum absolute atomic E-state index is 0.139. The van der Waals surface area contributed by atoms with Gasteiger partial charge >= 0.3 is 12.0 Å². The fraction of sp³-hybridized carbons (Fsp3) is 0.348. The second kappa shape index (κ2) is 9.69. The molecule has 32 heavy (non-hydrogen) atoms. The van der Waals surface area contributed by atoms with Crippen LogP contribution in [0, 0.1) is 0 Å². The molecule has 2 N–H and O–H groups in total. The Labute approximate surface area is 186 Å². The van der Waals surface area contributed by atoms with Gasteiger partial charge in [0, 0.05) is 38.4 Å². The molecule has 0 spiro atoms. The molecule has 0 unspecified atom stereocenters. The van der Waals surface area contributed by atoms with Crippen molar-refractivity contribution in [1.29, 1.82) is 0 Å². The molecule has 4 rings (SSSR count). The molecule has 9 nitrogen and oxygen atoms in total. The van der Waals surface area contributed by atoms with Crippen molar-refractivity contribution in [2.45, 2.75) is 13.0 Å². The third-order valence-corrected chi connectivity index (χ3v) is 5.56. The van der Waals surface area contributed by atoms with Gasteiger partial charge in [0.2, 0.25) is 0 Å². The molecular formula is C23H26N4O5. The van der Waals surface area contributed by atoms with E-state index >= 15 is 0 Å². The zero-order valence-corrected chi connectivity index (χ0v) is 17.9. The fourth-order valence-corrected chi connectivity index (χ4v) is 3.98. The summed E-state index contributed by atoms with van der Waals surface area (Å²) < 4.78 is 10.5. The molecule has 2 aliphatic rings. The molecule has 2 aromatic rings. The van der Waals surface area contributed by atoms with Crippen LogP contribution in [0.2, 0.25) is 0 Å². The third kappa shape index (κ3) is 4.67. The molecule has 1 fully saturated rings. The topological polar surface area (TPSA) is 104 Å². The molecule has 1 atom stereocenters. The van der Waals surface area contributed by atoms with Crippen LogP contribution in [0.5, 0.6) is 0 Å².